The van der Waals surface area contributed by atoms with Gasteiger partial charge in [-0.05, 0) is 47.5 Å². The Morgan fingerprint density at radius 1 is 0.850 bits per heavy atom. The number of anilines is 1. The van der Waals surface area contributed by atoms with Crippen LogP contribution in [0.25, 0.3) is 0 Å². The lowest BCUT2D eigenvalue weighted by atomic mass is 10.1. The smallest absolute Gasteiger partial charge is 0.403 e. The average Bonchev–Trinajstić information content (AvgIpc) is 2.93. The summed E-state index contributed by atoms with van der Waals surface area (Å²) in [5.74, 6) is -1.05. The molecule has 0 aromatic heterocycles. The zero-order chi connectivity index (χ0) is 28.8. The Kier molecular flexibility index (Phi) is 9.71. The lowest BCUT2D eigenvalue weighted by Gasteiger charge is -2.20. The maximum absolute atomic E-state index is 13.8. The number of alkyl halides is 3. The van der Waals surface area contributed by atoms with E-state index in [1.54, 1.807) is 48.5 Å². The van der Waals surface area contributed by atoms with Gasteiger partial charge in [-0.2, -0.15) is 13.2 Å². The quantitative estimate of drug-likeness (QED) is 0.173. The van der Waals surface area contributed by atoms with Crippen LogP contribution in [0, 0.1) is 0 Å². The van der Waals surface area contributed by atoms with Crippen LogP contribution in [0.15, 0.2) is 102 Å². The molecule has 0 aliphatic rings. The van der Waals surface area contributed by atoms with Gasteiger partial charge in [-0.1, -0.05) is 88.2 Å². The third kappa shape index (κ3) is 8.19. The molecule has 0 saturated heterocycles. The van der Waals surface area contributed by atoms with E-state index in [-0.39, 0.29) is 35.2 Å². The standard InChI is InChI=1S/C28H21BrClF3NO5P/c29-22-12-14-26(23(16-22)27(35)34-25-15-21(28(31,32)33)11-13-24(25)30)39-40(36,37-17-19-7-3-1-4-8-19)38-18-20-9-5-2-6-10-20/h1-16H,17-18H2,(H,34,35). The molecule has 0 aliphatic carbocycles. The third-order valence-corrected chi connectivity index (χ3v) is 7.54. The number of phosphoric ester groups is 1. The SMILES string of the molecule is O=C(Nc1cc(C(F)(F)F)ccc1Cl)c1cc(Br)ccc1OP(=O)(OCc1ccccc1)OCc1ccccc1. The number of rotatable bonds is 10. The fourth-order valence-corrected chi connectivity index (χ4v) is 5.13. The van der Waals surface area contributed by atoms with Gasteiger partial charge < -0.3 is 9.84 Å². The second-order valence-corrected chi connectivity index (χ2v) is 11.3. The number of halogens is 5. The zero-order valence-corrected chi connectivity index (χ0v) is 23.8. The fraction of sp³-hybridized carbons (Fsp3) is 0.107. The topological polar surface area (TPSA) is 73.9 Å². The molecular weight excluding hydrogens is 634 g/mol. The first-order valence-electron chi connectivity index (χ1n) is 11.7. The van der Waals surface area contributed by atoms with Crippen molar-refractivity contribution in [3.63, 3.8) is 0 Å². The van der Waals surface area contributed by atoms with E-state index >= 15 is 0 Å². The van der Waals surface area contributed by atoms with Crippen LogP contribution in [-0.4, -0.2) is 5.91 Å². The molecule has 0 fully saturated rings. The van der Waals surface area contributed by atoms with Crippen molar-refractivity contribution in [3.05, 3.63) is 129 Å². The molecule has 1 N–H and O–H groups in total. The molecule has 0 heterocycles. The van der Waals surface area contributed by atoms with Crippen LogP contribution in [0.3, 0.4) is 0 Å². The first-order chi connectivity index (χ1) is 19.0. The molecule has 0 radical (unpaired) electrons. The largest absolute Gasteiger partial charge is 0.530 e. The van der Waals surface area contributed by atoms with Gasteiger partial charge in [0.25, 0.3) is 5.91 Å². The van der Waals surface area contributed by atoms with Gasteiger partial charge >= 0.3 is 14.0 Å². The van der Waals surface area contributed by atoms with Crippen molar-refractivity contribution in [2.45, 2.75) is 19.4 Å². The first-order valence-corrected chi connectivity index (χ1v) is 14.3. The summed E-state index contributed by atoms with van der Waals surface area (Å²) in [5.41, 5.74) is -0.0257. The minimum Gasteiger partial charge on any atom is -0.403 e. The van der Waals surface area contributed by atoms with Crippen LogP contribution in [0.2, 0.25) is 5.02 Å². The molecule has 208 valence electrons. The molecule has 0 saturated carbocycles. The lowest BCUT2D eigenvalue weighted by Crippen LogP contribution is -2.15. The summed E-state index contributed by atoms with van der Waals surface area (Å²) in [4.78, 5) is 13.2. The van der Waals surface area contributed by atoms with E-state index < -0.39 is 25.5 Å². The molecule has 4 aromatic carbocycles. The Morgan fingerprint density at radius 2 is 1.43 bits per heavy atom. The van der Waals surface area contributed by atoms with Crippen LogP contribution in [0.5, 0.6) is 5.75 Å². The summed E-state index contributed by atoms with van der Waals surface area (Å²) in [5, 5.41) is 2.26. The summed E-state index contributed by atoms with van der Waals surface area (Å²) in [6, 6.07) is 24.6. The van der Waals surface area contributed by atoms with E-state index in [9.17, 15) is 22.5 Å². The molecule has 4 rings (SSSR count). The Bertz CT molecular complexity index is 1480. The second kappa shape index (κ2) is 13.0. The van der Waals surface area contributed by atoms with Crippen LogP contribution >= 0.6 is 35.4 Å². The first kappa shape index (κ1) is 29.8. The molecule has 4 aromatic rings. The van der Waals surface area contributed by atoms with Gasteiger partial charge in [0.2, 0.25) is 0 Å². The second-order valence-electron chi connectivity index (χ2n) is 8.34. The third-order valence-electron chi connectivity index (χ3n) is 5.40. The predicted molar refractivity (Wildman–Crippen MR) is 149 cm³/mol. The molecule has 0 aliphatic heterocycles. The van der Waals surface area contributed by atoms with Gasteiger partial charge in [-0.15, -0.1) is 0 Å². The van der Waals surface area contributed by atoms with E-state index in [0.717, 1.165) is 18.2 Å². The number of carbonyl (C=O) groups excluding carboxylic acids is 1. The summed E-state index contributed by atoms with van der Waals surface area (Å²) >= 11 is 9.31. The van der Waals surface area contributed by atoms with Gasteiger partial charge in [0.15, 0.2) is 0 Å². The Labute approximate surface area is 241 Å². The van der Waals surface area contributed by atoms with Crippen molar-refractivity contribution in [1.29, 1.82) is 0 Å². The van der Waals surface area contributed by atoms with E-state index in [2.05, 4.69) is 21.2 Å². The highest BCUT2D eigenvalue weighted by Gasteiger charge is 2.33. The predicted octanol–water partition coefficient (Wildman–Crippen LogP) is 9.29. The van der Waals surface area contributed by atoms with E-state index in [0.29, 0.717) is 15.6 Å². The van der Waals surface area contributed by atoms with Crippen LogP contribution in [-0.2, 0) is 33.0 Å². The van der Waals surface area contributed by atoms with Crippen LogP contribution < -0.4 is 9.84 Å². The van der Waals surface area contributed by atoms with Gasteiger partial charge in [0.05, 0.1) is 35.1 Å². The Balaban J connectivity index is 1.62. The van der Waals surface area contributed by atoms with Crippen LogP contribution in [0.4, 0.5) is 18.9 Å². The summed E-state index contributed by atoms with van der Waals surface area (Å²) < 4.78 is 70.8. The highest BCUT2D eigenvalue weighted by atomic mass is 79.9. The monoisotopic (exact) mass is 653 g/mol. The highest BCUT2D eigenvalue weighted by Crippen LogP contribution is 2.52. The summed E-state index contributed by atoms with van der Waals surface area (Å²) in [6.07, 6.45) is -4.65. The van der Waals surface area contributed by atoms with Crippen LogP contribution in [0.1, 0.15) is 27.0 Å². The number of hydrogen-bond acceptors (Lipinski definition) is 5. The molecule has 1 amide bonds. The highest BCUT2D eigenvalue weighted by molar-refractivity contribution is 9.10. The van der Waals surface area contributed by atoms with Gasteiger partial charge in [-0.3, -0.25) is 13.8 Å². The number of amides is 1. The molecule has 0 atom stereocenters. The molecule has 6 nitrogen and oxygen atoms in total. The molecule has 0 spiro atoms. The minimum absolute atomic E-state index is 0.109. The lowest BCUT2D eigenvalue weighted by molar-refractivity contribution is -0.137. The normalized spacial score (nSPS) is 11.7. The van der Waals surface area contributed by atoms with Crippen molar-refractivity contribution in [1.82, 2.24) is 0 Å². The van der Waals surface area contributed by atoms with Gasteiger partial charge in [-0.25, -0.2) is 4.57 Å². The van der Waals surface area contributed by atoms with Crippen molar-refractivity contribution < 1.29 is 36.1 Å². The van der Waals surface area contributed by atoms with Gasteiger partial charge in [0, 0.05) is 4.47 Å². The maximum atomic E-state index is 13.8. The number of phosphoric acid groups is 1. The van der Waals surface area contributed by atoms with Crippen molar-refractivity contribution >= 4 is 46.9 Å². The Morgan fingerprint density at radius 3 is 1.98 bits per heavy atom. The van der Waals surface area contributed by atoms with E-state index in [4.69, 9.17) is 25.2 Å². The van der Waals surface area contributed by atoms with Crippen molar-refractivity contribution in [3.8, 4) is 5.75 Å². The van der Waals surface area contributed by atoms with Crippen molar-refractivity contribution in [2.24, 2.45) is 0 Å². The average molecular weight is 655 g/mol. The summed E-state index contributed by atoms with van der Waals surface area (Å²) in [6.45, 7) is -0.240. The number of nitrogens with one attached hydrogen (secondary N) is 1. The molecule has 0 bridgehead atoms. The van der Waals surface area contributed by atoms with E-state index in [1.807, 2.05) is 12.1 Å². The fourth-order valence-electron chi connectivity index (χ4n) is 3.41. The molecule has 40 heavy (non-hydrogen) atoms. The van der Waals surface area contributed by atoms with E-state index in [1.165, 1.54) is 18.2 Å². The summed E-state index contributed by atoms with van der Waals surface area (Å²) in [7, 11) is -4.35. The maximum Gasteiger partial charge on any atom is 0.530 e. The molecule has 12 heteroatoms. The molecular formula is C28H21BrClF3NO5P. The zero-order valence-electron chi connectivity index (χ0n) is 20.5. The minimum atomic E-state index is -4.65. The van der Waals surface area contributed by atoms with Gasteiger partial charge in [0.1, 0.15) is 5.75 Å². The number of carbonyl (C=O) groups is 1. The van der Waals surface area contributed by atoms with Crippen molar-refractivity contribution in [2.75, 3.05) is 5.32 Å². The Hall–Kier alpha value is -3.14. The number of hydrogen-bond donors (Lipinski definition) is 1. The number of benzene rings is 4. The molecule has 0 unspecified atom stereocenters.